The number of para-hydroxylation sites is 2. The first-order valence-electron chi connectivity index (χ1n) is 10.2. The molecule has 4 aromatic rings. The second-order valence-electron chi connectivity index (χ2n) is 8.10. The lowest BCUT2D eigenvalue weighted by Gasteiger charge is -2.24. The molecule has 29 heavy (non-hydrogen) atoms. The van der Waals surface area contributed by atoms with Gasteiger partial charge in [0.2, 0.25) is 0 Å². The lowest BCUT2D eigenvalue weighted by Crippen LogP contribution is -2.25. The normalized spacial score (nSPS) is 11.5. The summed E-state index contributed by atoms with van der Waals surface area (Å²) < 4.78 is 2.06. The van der Waals surface area contributed by atoms with Crippen molar-refractivity contribution in [3.63, 3.8) is 0 Å². The molecular formula is C26H27N3. The maximum atomic E-state index is 9.17. The van der Waals surface area contributed by atoms with Crippen LogP contribution in [0, 0.1) is 5.41 Å². The molecule has 3 nitrogen and oxygen atoms in total. The van der Waals surface area contributed by atoms with E-state index < -0.39 is 0 Å². The van der Waals surface area contributed by atoms with E-state index in [0.717, 1.165) is 28.0 Å². The summed E-state index contributed by atoms with van der Waals surface area (Å²) in [5.74, 6) is 1.49. The van der Waals surface area contributed by atoms with E-state index >= 15 is 0 Å². The molecule has 3 heteroatoms. The van der Waals surface area contributed by atoms with Crippen LogP contribution in [0.25, 0.3) is 28.0 Å². The molecule has 0 atom stereocenters. The Bertz CT molecular complexity index is 1190. The number of fused-ring (bicyclic) bond motifs is 1. The van der Waals surface area contributed by atoms with Crippen molar-refractivity contribution in [2.75, 3.05) is 0 Å². The average Bonchev–Trinajstić information content (AvgIpc) is 2.73. The molecule has 3 aromatic carbocycles. The molecule has 0 aliphatic heterocycles. The monoisotopic (exact) mass is 381 g/mol. The lowest BCUT2D eigenvalue weighted by molar-refractivity contribution is 0.788. The van der Waals surface area contributed by atoms with Crippen LogP contribution in [0.5, 0.6) is 0 Å². The van der Waals surface area contributed by atoms with Crippen molar-refractivity contribution in [1.82, 2.24) is 9.55 Å². The highest BCUT2D eigenvalue weighted by molar-refractivity contribution is 5.80. The van der Waals surface area contributed by atoms with E-state index in [2.05, 4.69) is 62.6 Å². The Labute approximate surface area is 172 Å². The quantitative estimate of drug-likeness (QED) is 0.435. The first-order valence-corrected chi connectivity index (χ1v) is 10.2. The summed E-state index contributed by atoms with van der Waals surface area (Å²) in [5.41, 5.74) is 5.91. The van der Waals surface area contributed by atoms with Gasteiger partial charge in [-0.25, -0.2) is 4.98 Å². The Hall–Kier alpha value is -3.20. The molecule has 1 heterocycles. The number of rotatable bonds is 4. The number of nitrogens with zero attached hydrogens (tertiary/aromatic N) is 2. The van der Waals surface area contributed by atoms with Crippen molar-refractivity contribution in [2.24, 2.45) is 0 Å². The zero-order valence-electron chi connectivity index (χ0n) is 17.5. The van der Waals surface area contributed by atoms with Gasteiger partial charge in [0.1, 0.15) is 11.3 Å². The number of benzene rings is 3. The van der Waals surface area contributed by atoms with E-state index in [1.54, 1.807) is 0 Å². The zero-order valence-corrected chi connectivity index (χ0v) is 17.5. The Morgan fingerprint density at radius 2 is 1.31 bits per heavy atom. The molecule has 0 aliphatic rings. The van der Waals surface area contributed by atoms with Crippen molar-refractivity contribution in [3.05, 3.63) is 89.4 Å². The van der Waals surface area contributed by atoms with Gasteiger partial charge in [-0.05, 0) is 35.1 Å². The van der Waals surface area contributed by atoms with E-state index in [1.165, 1.54) is 11.1 Å². The fraction of sp³-hybridized carbons (Fsp3) is 0.231. The van der Waals surface area contributed by atoms with Crippen molar-refractivity contribution in [3.8, 4) is 17.1 Å². The summed E-state index contributed by atoms with van der Waals surface area (Å²) in [6.07, 6.45) is 0. The van der Waals surface area contributed by atoms with Gasteiger partial charge < -0.3 is 0 Å². The molecule has 0 bridgehead atoms. The Balaban J connectivity index is 2.20. The number of hydrogen-bond donors (Lipinski definition) is 1. The van der Waals surface area contributed by atoms with Crippen LogP contribution in [-0.4, -0.2) is 9.55 Å². The first-order chi connectivity index (χ1) is 14.0. The third-order valence-electron chi connectivity index (χ3n) is 5.42. The SMILES string of the molecule is CC(C)c1cccc(C(C)C)c1-n1c(-c2ccccc2)nc2ccccc2c1=N. The highest BCUT2D eigenvalue weighted by Crippen LogP contribution is 2.33. The van der Waals surface area contributed by atoms with E-state index in [-0.39, 0.29) is 0 Å². The van der Waals surface area contributed by atoms with Crippen LogP contribution in [0.3, 0.4) is 0 Å². The van der Waals surface area contributed by atoms with Crippen LogP contribution >= 0.6 is 0 Å². The van der Waals surface area contributed by atoms with Gasteiger partial charge in [0, 0.05) is 10.9 Å². The standard InChI is InChI=1S/C26H27N3/c1-17(2)20-14-10-15-21(18(3)4)24(20)29-25(27)22-13-8-9-16-23(22)28-26(29)19-11-6-5-7-12-19/h5-18,27H,1-4H3. The Morgan fingerprint density at radius 3 is 1.93 bits per heavy atom. The molecule has 1 aromatic heterocycles. The van der Waals surface area contributed by atoms with Crippen molar-refractivity contribution in [2.45, 2.75) is 39.5 Å². The summed E-state index contributed by atoms with van der Waals surface area (Å²) in [5, 5.41) is 10.0. The van der Waals surface area contributed by atoms with Crippen LogP contribution in [0.2, 0.25) is 0 Å². The summed E-state index contributed by atoms with van der Waals surface area (Å²) >= 11 is 0. The zero-order chi connectivity index (χ0) is 20.5. The van der Waals surface area contributed by atoms with Gasteiger partial charge in [-0.2, -0.15) is 0 Å². The molecule has 0 aliphatic carbocycles. The Morgan fingerprint density at radius 1 is 0.724 bits per heavy atom. The van der Waals surface area contributed by atoms with Crippen LogP contribution in [-0.2, 0) is 0 Å². The highest BCUT2D eigenvalue weighted by Gasteiger charge is 2.20. The number of aromatic nitrogens is 2. The molecule has 0 spiro atoms. The van der Waals surface area contributed by atoms with Crippen LogP contribution in [0.4, 0.5) is 0 Å². The molecular weight excluding hydrogens is 354 g/mol. The third-order valence-corrected chi connectivity index (χ3v) is 5.42. The first kappa shape index (κ1) is 19.1. The maximum absolute atomic E-state index is 9.17. The van der Waals surface area contributed by atoms with Crippen molar-refractivity contribution in [1.29, 1.82) is 5.41 Å². The minimum Gasteiger partial charge on any atom is -0.283 e. The van der Waals surface area contributed by atoms with Crippen LogP contribution in [0.1, 0.15) is 50.7 Å². The Kier molecular flexibility index (Phi) is 5.06. The number of nitrogens with one attached hydrogen (secondary N) is 1. The molecule has 0 amide bonds. The minimum absolute atomic E-state index is 0.339. The molecule has 4 rings (SSSR count). The molecule has 1 N–H and O–H groups in total. The van der Waals surface area contributed by atoms with Crippen LogP contribution < -0.4 is 5.49 Å². The highest BCUT2D eigenvalue weighted by atomic mass is 15.1. The molecule has 0 fully saturated rings. The van der Waals surface area contributed by atoms with Gasteiger partial charge in [-0.1, -0.05) is 88.4 Å². The summed E-state index contributed by atoms with van der Waals surface area (Å²) in [6, 6.07) is 24.6. The predicted octanol–water partition coefficient (Wildman–Crippen LogP) is 6.42. The summed E-state index contributed by atoms with van der Waals surface area (Å²) in [4.78, 5) is 5.03. The fourth-order valence-electron chi connectivity index (χ4n) is 3.93. The maximum Gasteiger partial charge on any atom is 0.146 e. The molecule has 0 radical (unpaired) electrons. The summed E-state index contributed by atoms with van der Waals surface area (Å²) in [7, 11) is 0. The van der Waals surface area contributed by atoms with Crippen LogP contribution in [0.15, 0.2) is 72.8 Å². The van der Waals surface area contributed by atoms with Gasteiger partial charge in [0.25, 0.3) is 0 Å². The molecule has 0 unspecified atom stereocenters. The minimum atomic E-state index is 0.339. The topological polar surface area (TPSA) is 41.7 Å². The molecule has 0 saturated heterocycles. The van der Waals surface area contributed by atoms with Gasteiger partial charge >= 0.3 is 0 Å². The average molecular weight is 382 g/mol. The van der Waals surface area contributed by atoms with Crippen molar-refractivity contribution < 1.29 is 0 Å². The van der Waals surface area contributed by atoms with Gasteiger partial charge in [-0.15, -0.1) is 0 Å². The van der Waals surface area contributed by atoms with Gasteiger partial charge in [0.15, 0.2) is 0 Å². The van der Waals surface area contributed by atoms with E-state index in [0.29, 0.717) is 17.3 Å². The lowest BCUT2D eigenvalue weighted by atomic mass is 9.92. The second-order valence-corrected chi connectivity index (χ2v) is 8.10. The second kappa shape index (κ2) is 7.67. The predicted molar refractivity (Wildman–Crippen MR) is 121 cm³/mol. The fourth-order valence-corrected chi connectivity index (χ4v) is 3.93. The summed E-state index contributed by atoms with van der Waals surface area (Å²) in [6.45, 7) is 8.85. The van der Waals surface area contributed by atoms with Gasteiger partial charge in [-0.3, -0.25) is 9.98 Å². The number of hydrogen-bond acceptors (Lipinski definition) is 2. The molecule has 146 valence electrons. The molecule has 0 saturated carbocycles. The van der Waals surface area contributed by atoms with Gasteiger partial charge in [0.05, 0.1) is 11.2 Å². The third kappa shape index (κ3) is 3.38. The largest absolute Gasteiger partial charge is 0.283 e. The van der Waals surface area contributed by atoms with E-state index in [4.69, 9.17) is 10.4 Å². The van der Waals surface area contributed by atoms with E-state index in [9.17, 15) is 0 Å². The van der Waals surface area contributed by atoms with Crippen molar-refractivity contribution >= 4 is 10.9 Å². The smallest absolute Gasteiger partial charge is 0.146 e. The van der Waals surface area contributed by atoms with E-state index in [1.807, 2.05) is 42.5 Å².